The van der Waals surface area contributed by atoms with Crippen LogP contribution in [0.15, 0.2) is 60.7 Å². The van der Waals surface area contributed by atoms with Gasteiger partial charge in [-0.1, -0.05) is 60.7 Å². The molecule has 2 aromatic rings. The molecule has 11 nitrogen and oxygen atoms in total. The molecule has 0 spiro atoms. The van der Waals surface area contributed by atoms with Crippen molar-refractivity contribution in [2.75, 3.05) is 41.7 Å². The normalized spacial score (nSPS) is 35.2. The minimum atomic E-state index is -0.871. The lowest BCUT2D eigenvalue weighted by Gasteiger charge is -2.52. The molecule has 3 saturated heterocycles. The fourth-order valence-electron chi connectivity index (χ4n) is 6.01. The van der Waals surface area contributed by atoms with Crippen molar-refractivity contribution in [1.82, 2.24) is 0 Å². The summed E-state index contributed by atoms with van der Waals surface area (Å²) in [4.78, 5) is 0. The highest BCUT2D eigenvalue weighted by Gasteiger charge is 2.55. The Bertz CT molecular complexity index is 1120. The average Bonchev–Trinajstić information content (AvgIpc) is 3.04. The molecule has 0 bridgehead atoms. The summed E-state index contributed by atoms with van der Waals surface area (Å²) in [7, 11) is 6.42. The van der Waals surface area contributed by atoms with Gasteiger partial charge in [-0.15, -0.1) is 0 Å². The average molecular weight is 619 g/mol. The predicted molar refractivity (Wildman–Crippen MR) is 158 cm³/mol. The third-order valence-electron chi connectivity index (χ3n) is 8.17. The van der Waals surface area contributed by atoms with Crippen LogP contribution in [0.5, 0.6) is 0 Å². The van der Waals surface area contributed by atoms with Crippen molar-refractivity contribution in [3.8, 4) is 0 Å². The smallest absolute Gasteiger partial charge is 0.187 e. The molecule has 0 amide bonds. The van der Waals surface area contributed by atoms with Gasteiger partial charge >= 0.3 is 0 Å². The molecule has 5 rings (SSSR count). The van der Waals surface area contributed by atoms with Crippen molar-refractivity contribution in [1.29, 1.82) is 0 Å². The van der Waals surface area contributed by atoms with Gasteiger partial charge in [-0.25, -0.2) is 0 Å². The monoisotopic (exact) mass is 618 g/mol. The summed E-state index contributed by atoms with van der Waals surface area (Å²) in [6.07, 6.45) is -6.19. The third kappa shape index (κ3) is 7.86. The molecule has 3 aliphatic rings. The van der Waals surface area contributed by atoms with Crippen molar-refractivity contribution < 1.29 is 52.1 Å². The molecule has 0 aliphatic carbocycles. The number of methoxy groups -OCH3 is 4. The van der Waals surface area contributed by atoms with E-state index < -0.39 is 67.2 Å². The highest BCUT2D eigenvalue weighted by molar-refractivity contribution is 5.15. The maximum absolute atomic E-state index is 6.81. The largest absolute Gasteiger partial charge is 0.382 e. The van der Waals surface area contributed by atoms with Gasteiger partial charge in [0.05, 0.1) is 26.4 Å². The zero-order chi connectivity index (χ0) is 31.1. The topological polar surface area (TPSA) is 102 Å². The van der Waals surface area contributed by atoms with Crippen LogP contribution in [0.4, 0.5) is 0 Å². The first kappa shape index (κ1) is 33.4. The summed E-state index contributed by atoms with van der Waals surface area (Å²) in [5, 5.41) is 0. The molecule has 3 aliphatic heterocycles. The lowest BCUT2D eigenvalue weighted by atomic mass is 9.95. The lowest BCUT2D eigenvalue weighted by molar-refractivity contribution is -0.404. The van der Waals surface area contributed by atoms with E-state index in [-0.39, 0.29) is 6.61 Å². The molecule has 0 aromatic heterocycles. The zero-order valence-corrected chi connectivity index (χ0v) is 26.4. The number of hydrogen-bond donors (Lipinski definition) is 0. The molecule has 44 heavy (non-hydrogen) atoms. The highest BCUT2D eigenvalue weighted by Crippen LogP contribution is 2.38. The Kier molecular flexibility index (Phi) is 11.8. The summed E-state index contributed by atoms with van der Waals surface area (Å²) in [6, 6.07) is 19.8. The Labute approximate surface area is 259 Å². The number of fused-ring (bicyclic) bond motifs is 1. The zero-order valence-electron chi connectivity index (χ0n) is 26.4. The Balaban J connectivity index is 1.44. The standard InChI is InChI=1S/C33H46O11/c1-33(2)40-20-24-26(44-33)27(35-4)29(36-5)32(42-24)43-25-23(19-34-3)41-31(37-6)30(39-18-22-15-11-8-12-16-22)28(25)38-17-21-13-9-7-10-14-21/h7-16,23-32H,17-20H2,1-6H3/t23-,24?,25+,26+,27+,28?,29?,30?,31-,32-/m0/s1. The Morgan fingerprint density at radius 2 is 1.30 bits per heavy atom. The Hall–Kier alpha value is -2.00. The first-order valence-corrected chi connectivity index (χ1v) is 15.0. The van der Waals surface area contributed by atoms with Gasteiger partial charge in [0.25, 0.3) is 0 Å². The molecule has 0 radical (unpaired) electrons. The summed E-state index contributed by atoms with van der Waals surface area (Å²) in [5.41, 5.74) is 2.01. The van der Waals surface area contributed by atoms with Crippen molar-refractivity contribution >= 4 is 0 Å². The van der Waals surface area contributed by atoms with E-state index in [9.17, 15) is 0 Å². The molecule has 11 heteroatoms. The SMILES string of the molecule is COC[C@@H]1O[C@H](OC)C(OCc2ccccc2)C(OCc2ccccc2)[C@@H]1O[C@@H]1OC2COC(C)(C)O[C@H]2[C@@H](OC)C1OC. The van der Waals surface area contributed by atoms with Gasteiger partial charge in [0.15, 0.2) is 18.4 Å². The van der Waals surface area contributed by atoms with Gasteiger partial charge < -0.3 is 52.1 Å². The predicted octanol–water partition coefficient (Wildman–Crippen LogP) is 3.47. The van der Waals surface area contributed by atoms with Crippen molar-refractivity contribution in [3.05, 3.63) is 71.8 Å². The van der Waals surface area contributed by atoms with E-state index in [1.54, 1.807) is 28.4 Å². The molecular formula is C33H46O11. The Morgan fingerprint density at radius 3 is 1.86 bits per heavy atom. The van der Waals surface area contributed by atoms with E-state index in [1.807, 2.05) is 74.5 Å². The van der Waals surface area contributed by atoms with Gasteiger partial charge in [-0.05, 0) is 25.0 Å². The third-order valence-corrected chi connectivity index (χ3v) is 8.17. The van der Waals surface area contributed by atoms with Gasteiger partial charge in [0, 0.05) is 28.4 Å². The molecule has 0 saturated carbocycles. The van der Waals surface area contributed by atoms with E-state index in [0.717, 1.165) is 11.1 Å². The molecule has 244 valence electrons. The minimum absolute atomic E-state index is 0.214. The van der Waals surface area contributed by atoms with Crippen LogP contribution < -0.4 is 0 Å². The van der Waals surface area contributed by atoms with Crippen molar-refractivity contribution in [2.24, 2.45) is 0 Å². The number of benzene rings is 2. The van der Waals surface area contributed by atoms with E-state index in [1.165, 1.54) is 0 Å². The van der Waals surface area contributed by atoms with Crippen LogP contribution in [-0.4, -0.2) is 109 Å². The van der Waals surface area contributed by atoms with Crippen molar-refractivity contribution in [3.63, 3.8) is 0 Å². The van der Waals surface area contributed by atoms with Crippen LogP contribution in [0.3, 0.4) is 0 Å². The van der Waals surface area contributed by atoms with Gasteiger partial charge in [0.2, 0.25) is 0 Å². The fourth-order valence-corrected chi connectivity index (χ4v) is 6.01. The molecule has 3 heterocycles. The molecule has 3 fully saturated rings. The van der Waals surface area contributed by atoms with Crippen LogP contribution in [-0.2, 0) is 65.3 Å². The number of rotatable bonds is 13. The quantitative estimate of drug-likeness (QED) is 0.330. The molecular weight excluding hydrogens is 572 g/mol. The molecule has 2 aromatic carbocycles. The Morgan fingerprint density at radius 1 is 0.682 bits per heavy atom. The maximum atomic E-state index is 6.81. The van der Waals surface area contributed by atoms with Gasteiger partial charge in [0.1, 0.15) is 48.8 Å². The molecule has 4 unspecified atom stereocenters. The second-order valence-electron chi connectivity index (χ2n) is 11.6. The summed E-state index contributed by atoms with van der Waals surface area (Å²) in [6.45, 7) is 4.89. The lowest BCUT2D eigenvalue weighted by Crippen LogP contribution is -2.68. The van der Waals surface area contributed by atoms with E-state index >= 15 is 0 Å². The second-order valence-corrected chi connectivity index (χ2v) is 11.6. The van der Waals surface area contributed by atoms with E-state index in [0.29, 0.717) is 19.8 Å². The summed E-state index contributed by atoms with van der Waals surface area (Å²) in [5.74, 6) is -0.789. The van der Waals surface area contributed by atoms with Crippen LogP contribution in [0, 0.1) is 0 Å². The summed E-state index contributed by atoms with van der Waals surface area (Å²) < 4.78 is 68.2. The van der Waals surface area contributed by atoms with Crippen molar-refractivity contribution in [2.45, 2.75) is 94.3 Å². The molecule has 0 N–H and O–H groups in total. The van der Waals surface area contributed by atoms with Gasteiger partial charge in [-0.2, -0.15) is 0 Å². The van der Waals surface area contributed by atoms with Crippen LogP contribution in [0.25, 0.3) is 0 Å². The van der Waals surface area contributed by atoms with E-state index in [2.05, 4.69) is 0 Å². The first-order valence-electron chi connectivity index (χ1n) is 15.0. The number of ether oxygens (including phenoxy) is 11. The number of hydrogen-bond acceptors (Lipinski definition) is 11. The maximum Gasteiger partial charge on any atom is 0.187 e. The van der Waals surface area contributed by atoms with E-state index in [4.69, 9.17) is 52.1 Å². The van der Waals surface area contributed by atoms with Gasteiger partial charge in [-0.3, -0.25) is 0 Å². The van der Waals surface area contributed by atoms with Crippen LogP contribution in [0.2, 0.25) is 0 Å². The van der Waals surface area contributed by atoms with Crippen LogP contribution in [0.1, 0.15) is 25.0 Å². The van der Waals surface area contributed by atoms with Crippen LogP contribution >= 0.6 is 0 Å². The highest BCUT2D eigenvalue weighted by atomic mass is 16.8. The second kappa shape index (κ2) is 15.5. The first-order chi connectivity index (χ1) is 21.4. The minimum Gasteiger partial charge on any atom is -0.382 e. The summed E-state index contributed by atoms with van der Waals surface area (Å²) >= 11 is 0. The molecule has 10 atom stereocenters. The fraction of sp³-hybridized carbons (Fsp3) is 0.636.